The van der Waals surface area contributed by atoms with Gasteiger partial charge in [0.2, 0.25) is 0 Å². The minimum absolute atomic E-state index is 0.325. The molecule has 2 N–H and O–H groups in total. The van der Waals surface area contributed by atoms with E-state index in [9.17, 15) is 0 Å². The van der Waals surface area contributed by atoms with Crippen LogP contribution in [0.15, 0.2) is 16.6 Å². The lowest BCUT2D eigenvalue weighted by molar-refractivity contribution is 0.0168. The van der Waals surface area contributed by atoms with E-state index in [1.807, 2.05) is 7.05 Å². The molecule has 1 aliphatic heterocycles. The predicted molar refractivity (Wildman–Crippen MR) is 94.9 cm³/mol. The number of aliphatic imine (C=N–C) groups is 1. The van der Waals surface area contributed by atoms with Crippen LogP contribution in [0.5, 0.6) is 0 Å². The van der Waals surface area contributed by atoms with Crippen molar-refractivity contribution in [2.45, 2.75) is 57.5 Å². The maximum Gasteiger partial charge on any atom is 0.190 e. The Bertz CT molecular complexity index is 376. The minimum atomic E-state index is 0.325. The molecule has 23 heavy (non-hydrogen) atoms. The van der Waals surface area contributed by atoms with Crippen molar-refractivity contribution in [3.63, 3.8) is 0 Å². The normalized spacial score (nSPS) is 22.0. The molecule has 1 atom stereocenters. The van der Waals surface area contributed by atoms with Crippen LogP contribution in [0.25, 0.3) is 0 Å². The summed E-state index contributed by atoms with van der Waals surface area (Å²) in [5.74, 6) is 0.889. The summed E-state index contributed by atoms with van der Waals surface area (Å²) in [4.78, 5) is 4.27. The smallest absolute Gasteiger partial charge is 0.190 e. The van der Waals surface area contributed by atoms with Gasteiger partial charge in [-0.2, -0.15) is 0 Å². The van der Waals surface area contributed by atoms with E-state index in [0.717, 1.165) is 58.1 Å². The van der Waals surface area contributed by atoms with Gasteiger partial charge in [0.1, 0.15) is 0 Å². The van der Waals surface area contributed by atoms with E-state index in [-0.39, 0.29) is 0 Å². The predicted octanol–water partition coefficient (Wildman–Crippen LogP) is 2.63. The summed E-state index contributed by atoms with van der Waals surface area (Å²) in [6, 6.07) is 0. The van der Waals surface area contributed by atoms with Gasteiger partial charge in [0.05, 0.1) is 12.7 Å². The largest absolute Gasteiger partial charge is 0.379 e. The molecule has 2 aliphatic rings. The topological polar surface area (TPSA) is 54.9 Å². The Labute approximate surface area is 140 Å². The fourth-order valence-electron chi connectivity index (χ4n) is 3.07. The highest BCUT2D eigenvalue weighted by Gasteiger charge is 2.14. The molecule has 0 radical (unpaired) electrons. The lowest BCUT2D eigenvalue weighted by Gasteiger charge is -2.15. The van der Waals surface area contributed by atoms with Gasteiger partial charge < -0.3 is 20.1 Å². The molecule has 132 valence electrons. The van der Waals surface area contributed by atoms with Gasteiger partial charge in [-0.05, 0) is 51.4 Å². The van der Waals surface area contributed by atoms with Crippen LogP contribution < -0.4 is 10.6 Å². The molecule has 1 saturated heterocycles. The van der Waals surface area contributed by atoms with Crippen molar-refractivity contribution >= 4 is 5.96 Å². The van der Waals surface area contributed by atoms with Gasteiger partial charge in [0.25, 0.3) is 0 Å². The van der Waals surface area contributed by atoms with Gasteiger partial charge in [0, 0.05) is 33.4 Å². The third kappa shape index (κ3) is 7.84. The Hall–Kier alpha value is -1.07. The van der Waals surface area contributed by atoms with Gasteiger partial charge in [-0.1, -0.05) is 11.6 Å². The summed E-state index contributed by atoms with van der Waals surface area (Å²) >= 11 is 0. The highest BCUT2D eigenvalue weighted by molar-refractivity contribution is 5.79. The van der Waals surface area contributed by atoms with E-state index in [2.05, 4.69) is 21.7 Å². The molecule has 1 heterocycles. The highest BCUT2D eigenvalue weighted by atomic mass is 16.5. The van der Waals surface area contributed by atoms with E-state index in [1.54, 1.807) is 5.57 Å². The molecule has 5 nitrogen and oxygen atoms in total. The van der Waals surface area contributed by atoms with E-state index < -0.39 is 0 Å². The van der Waals surface area contributed by atoms with Crippen LogP contribution >= 0.6 is 0 Å². The van der Waals surface area contributed by atoms with E-state index in [4.69, 9.17) is 9.47 Å². The van der Waals surface area contributed by atoms with Crippen LogP contribution in [0.3, 0.4) is 0 Å². The van der Waals surface area contributed by atoms with Crippen molar-refractivity contribution in [3.05, 3.63) is 11.6 Å². The Morgan fingerprint density at radius 2 is 2.22 bits per heavy atom. The highest BCUT2D eigenvalue weighted by Crippen LogP contribution is 2.19. The number of rotatable bonds is 9. The average Bonchev–Trinajstić information content (AvgIpc) is 3.10. The second-order valence-electron chi connectivity index (χ2n) is 6.35. The third-order valence-corrected chi connectivity index (χ3v) is 4.43. The van der Waals surface area contributed by atoms with Crippen LogP contribution in [-0.4, -0.2) is 52.0 Å². The third-order valence-electron chi connectivity index (χ3n) is 4.43. The number of guanidine groups is 1. The molecule has 1 fully saturated rings. The van der Waals surface area contributed by atoms with E-state index in [0.29, 0.717) is 6.10 Å². The van der Waals surface area contributed by atoms with Crippen molar-refractivity contribution in [2.24, 2.45) is 4.99 Å². The molecule has 0 aromatic heterocycles. The molecule has 1 unspecified atom stereocenters. The maximum atomic E-state index is 5.66. The molecule has 0 aromatic rings. The van der Waals surface area contributed by atoms with Crippen molar-refractivity contribution in [1.82, 2.24) is 10.6 Å². The van der Waals surface area contributed by atoms with Gasteiger partial charge in [0.15, 0.2) is 5.96 Å². The molecule has 1 aliphatic carbocycles. The van der Waals surface area contributed by atoms with Gasteiger partial charge in [-0.25, -0.2) is 0 Å². The fourth-order valence-corrected chi connectivity index (χ4v) is 3.07. The van der Waals surface area contributed by atoms with Crippen LogP contribution in [-0.2, 0) is 9.47 Å². The first kappa shape index (κ1) is 18.3. The monoisotopic (exact) mass is 323 g/mol. The summed E-state index contributed by atoms with van der Waals surface area (Å²) in [5.41, 5.74) is 1.60. The number of hydrogen-bond acceptors (Lipinski definition) is 3. The van der Waals surface area contributed by atoms with Crippen LogP contribution in [0.2, 0.25) is 0 Å². The Kier molecular flexibility index (Phi) is 9.11. The van der Waals surface area contributed by atoms with E-state index >= 15 is 0 Å². The van der Waals surface area contributed by atoms with Crippen molar-refractivity contribution < 1.29 is 9.47 Å². The number of nitrogens with one attached hydrogen (secondary N) is 2. The van der Waals surface area contributed by atoms with Gasteiger partial charge >= 0.3 is 0 Å². The first-order valence-corrected chi connectivity index (χ1v) is 9.20. The fraction of sp³-hybridized carbons (Fsp3) is 0.833. The van der Waals surface area contributed by atoms with Gasteiger partial charge in [-0.15, -0.1) is 0 Å². The molecule has 2 rings (SSSR count). The summed E-state index contributed by atoms with van der Waals surface area (Å²) < 4.78 is 11.2. The lowest BCUT2D eigenvalue weighted by Crippen LogP contribution is -2.38. The molecular formula is C18H33N3O2. The summed E-state index contributed by atoms with van der Waals surface area (Å²) in [7, 11) is 1.82. The molecule has 0 saturated carbocycles. The first-order chi connectivity index (χ1) is 11.4. The molecule has 0 spiro atoms. The maximum absolute atomic E-state index is 5.66. The standard InChI is InChI=1S/C18H33N3O2/c1-19-18(21-12-10-16-7-3-2-4-8-16)20-11-6-13-22-15-17-9-5-14-23-17/h7,17H,2-6,8-15H2,1H3,(H2,19,20,21). The quantitative estimate of drug-likeness (QED) is 0.296. The zero-order valence-corrected chi connectivity index (χ0v) is 14.6. The molecule has 0 bridgehead atoms. The Balaban J connectivity index is 1.45. The summed E-state index contributed by atoms with van der Waals surface area (Å²) in [6.07, 6.45) is 12.4. The zero-order chi connectivity index (χ0) is 16.2. The molecule has 0 aromatic carbocycles. The molecule has 0 amide bonds. The van der Waals surface area contributed by atoms with E-state index in [1.165, 1.54) is 32.1 Å². The lowest BCUT2D eigenvalue weighted by atomic mass is 9.97. The van der Waals surface area contributed by atoms with Crippen LogP contribution in [0, 0.1) is 0 Å². The first-order valence-electron chi connectivity index (χ1n) is 9.20. The summed E-state index contributed by atoms with van der Waals surface area (Å²) in [5, 5.41) is 6.73. The van der Waals surface area contributed by atoms with Gasteiger partial charge in [-0.3, -0.25) is 4.99 Å². The van der Waals surface area contributed by atoms with Crippen molar-refractivity contribution in [3.8, 4) is 0 Å². The molecule has 5 heteroatoms. The number of ether oxygens (including phenoxy) is 2. The summed E-state index contributed by atoms with van der Waals surface area (Å²) in [6.45, 7) is 4.25. The number of nitrogens with zero attached hydrogens (tertiary/aromatic N) is 1. The average molecular weight is 323 g/mol. The second-order valence-corrected chi connectivity index (χ2v) is 6.35. The van der Waals surface area contributed by atoms with Crippen molar-refractivity contribution in [1.29, 1.82) is 0 Å². The minimum Gasteiger partial charge on any atom is -0.379 e. The van der Waals surface area contributed by atoms with Crippen LogP contribution in [0.1, 0.15) is 51.4 Å². The second kappa shape index (κ2) is 11.5. The Morgan fingerprint density at radius 1 is 1.30 bits per heavy atom. The molecular weight excluding hydrogens is 290 g/mol. The number of hydrogen-bond donors (Lipinski definition) is 2. The number of allylic oxidation sites excluding steroid dienone is 1. The van der Waals surface area contributed by atoms with Crippen molar-refractivity contribution in [2.75, 3.05) is 40.0 Å². The van der Waals surface area contributed by atoms with Crippen LogP contribution in [0.4, 0.5) is 0 Å². The Morgan fingerprint density at radius 3 is 2.96 bits per heavy atom. The SMILES string of the molecule is CN=C(NCCCOCC1CCCO1)NCCC1=CCCCC1. The zero-order valence-electron chi connectivity index (χ0n) is 14.6.